The van der Waals surface area contributed by atoms with Gasteiger partial charge in [0, 0.05) is 25.9 Å². The third kappa shape index (κ3) is 5.47. The summed E-state index contributed by atoms with van der Waals surface area (Å²) < 4.78 is 38.6. The van der Waals surface area contributed by atoms with E-state index < -0.39 is 11.7 Å². The number of amides is 2. The predicted molar refractivity (Wildman–Crippen MR) is 123 cm³/mol. The van der Waals surface area contributed by atoms with Crippen LogP contribution in [-0.4, -0.2) is 23.3 Å². The fourth-order valence-electron chi connectivity index (χ4n) is 4.34. The molecule has 1 aliphatic heterocycles. The summed E-state index contributed by atoms with van der Waals surface area (Å²) in [5, 5.41) is 2.62. The SMILES string of the molecule is O=C(CCC(=O)N1CCc2ccccc2C1c1ccccc1)NCc1cccc(C(F)(F)F)c1. The molecule has 1 unspecified atom stereocenters. The minimum absolute atomic E-state index is 0.0271. The van der Waals surface area contributed by atoms with Gasteiger partial charge in [-0.1, -0.05) is 66.7 Å². The van der Waals surface area contributed by atoms with Gasteiger partial charge in [0.2, 0.25) is 11.8 Å². The summed E-state index contributed by atoms with van der Waals surface area (Å²) in [5.74, 6) is -0.503. The summed E-state index contributed by atoms with van der Waals surface area (Å²) in [6.45, 7) is 0.530. The van der Waals surface area contributed by atoms with Crippen molar-refractivity contribution in [2.75, 3.05) is 6.54 Å². The van der Waals surface area contributed by atoms with Crippen LogP contribution in [0.25, 0.3) is 0 Å². The Morgan fingerprint density at radius 3 is 2.41 bits per heavy atom. The molecule has 0 aliphatic carbocycles. The third-order valence-corrected chi connectivity index (χ3v) is 6.03. The van der Waals surface area contributed by atoms with E-state index in [2.05, 4.69) is 11.4 Å². The zero-order valence-corrected chi connectivity index (χ0v) is 18.5. The molecule has 3 aromatic rings. The number of halogens is 3. The van der Waals surface area contributed by atoms with E-state index in [-0.39, 0.29) is 37.2 Å². The molecule has 4 rings (SSSR count). The molecule has 1 N–H and O–H groups in total. The van der Waals surface area contributed by atoms with Crippen LogP contribution in [0.5, 0.6) is 0 Å². The molecule has 1 atom stereocenters. The van der Waals surface area contributed by atoms with Gasteiger partial charge < -0.3 is 10.2 Å². The maximum atomic E-state index is 13.1. The number of carbonyl (C=O) groups excluding carboxylic acids is 2. The Hall–Kier alpha value is -3.61. The summed E-state index contributed by atoms with van der Waals surface area (Å²) in [4.78, 5) is 27.3. The monoisotopic (exact) mass is 466 g/mol. The van der Waals surface area contributed by atoms with Crippen molar-refractivity contribution in [2.45, 2.75) is 38.0 Å². The minimum atomic E-state index is -4.44. The van der Waals surface area contributed by atoms with Gasteiger partial charge in [0.15, 0.2) is 0 Å². The molecule has 176 valence electrons. The van der Waals surface area contributed by atoms with Crippen LogP contribution in [0.3, 0.4) is 0 Å². The lowest BCUT2D eigenvalue weighted by Gasteiger charge is -2.38. The van der Waals surface area contributed by atoms with Gasteiger partial charge in [-0.25, -0.2) is 0 Å². The number of hydrogen-bond donors (Lipinski definition) is 1. The first-order valence-corrected chi connectivity index (χ1v) is 11.2. The molecule has 1 heterocycles. The van der Waals surface area contributed by atoms with E-state index in [1.165, 1.54) is 17.7 Å². The highest BCUT2D eigenvalue weighted by Gasteiger charge is 2.32. The number of carbonyl (C=O) groups is 2. The minimum Gasteiger partial charge on any atom is -0.352 e. The van der Waals surface area contributed by atoms with Gasteiger partial charge in [0.05, 0.1) is 11.6 Å². The van der Waals surface area contributed by atoms with Crippen LogP contribution in [0.2, 0.25) is 0 Å². The second-order valence-electron chi connectivity index (χ2n) is 8.32. The Morgan fingerprint density at radius 2 is 1.65 bits per heavy atom. The number of alkyl halides is 3. The number of fused-ring (bicyclic) bond motifs is 1. The Kier molecular flexibility index (Phi) is 7.01. The van der Waals surface area contributed by atoms with Crippen molar-refractivity contribution in [1.82, 2.24) is 10.2 Å². The van der Waals surface area contributed by atoms with Crippen LogP contribution in [0, 0.1) is 0 Å². The summed E-state index contributed by atoms with van der Waals surface area (Å²) in [6, 6.07) is 22.5. The molecular weight excluding hydrogens is 441 g/mol. The molecule has 2 amide bonds. The average molecular weight is 467 g/mol. The molecule has 0 saturated carbocycles. The van der Waals surface area contributed by atoms with Gasteiger partial charge in [-0.2, -0.15) is 13.2 Å². The summed E-state index contributed by atoms with van der Waals surface area (Å²) in [7, 11) is 0. The predicted octanol–water partition coefficient (Wildman–Crippen LogP) is 5.28. The van der Waals surface area contributed by atoms with Gasteiger partial charge in [-0.15, -0.1) is 0 Å². The Morgan fingerprint density at radius 1 is 0.912 bits per heavy atom. The van der Waals surface area contributed by atoms with E-state index in [9.17, 15) is 22.8 Å². The topological polar surface area (TPSA) is 49.4 Å². The standard InChI is InChI=1S/C27H25F3N2O2/c28-27(29,30)22-11-6-7-19(17-22)18-31-24(33)13-14-25(34)32-16-15-20-8-4-5-12-23(20)26(32)21-9-2-1-3-10-21/h1-12,17,26H,13-16,18H2,(H,31,33). The zero-order chi connectivity index (χ0) is 24.1. The van der Waals surface area contributed by atoms with Crippen molar-refractivity contribution in [2.24, 2.45) is 0 Å². The normalized spacial score (nSPS) is 15.5. The number of nitrogens with one attached hydrogen (secondary N) is 1. The van der Waals surface area contributed by atoms with Crippen LogP contribution in [0.15, 0.2) is 78.9 Å². The van der Waals surface area contributed by atoms with E-state index in [1.807, 2.05) is 53.4 Å². The van der Waals surface area contributed by atoms with E-state index >= 15 is 0 Å². The number of nitrogens with zero attached hydrogens (tertiary/aromatic N) is 1. The zero-order valence-electron chi connectivity index (χ0n) is 18.5. The maximum Gasteiger partial charge on any atom is 0.416 e. The van der Waals surface area contributed by atoms with Crippen molar-refractivity contribution in [3.63, 3.8) is 0 Å². The second-order valence-corrected chi connectivity index (χ2v) is 8.32. The van der Waals surface area contributed by atoms with Crippen LogP contribution >= 0.6 is 0 Å². The van der Waals surface area contributed by atoms with Crippen molar-refractivity contribution >= 4 is 11.8 Å². The molecule has 4 nitrogen and oxygen atoms in total. The first-order chi connectivity index (χ1) is 16.3. The Bertz CT molecular complexity index is 1160. The van der Waals surface area contributed by atoms with Crippen molar-refractivity contribution in [1.29, 1.82) is 0 Å². The smallest absolute Gasteiger partial charge is 0.352 e. The molecule has 0 bridgehead atoms. The first-order valence-electron chi connectivity index (χ1n) is 11.2. The molecule has 34 heavy (non-hydrogen) atoms. The number of rotatable bonds is 6. The lowest BCUT2D eigenvalue weighted by Crippen LogP contribution is -2.41. The van der Waals surface area contributed by atoms with Gasteiger partial charge >= 0.3 is 6.18 Å². The first kappa shape index (κ1) is 23.5. The Labute approximate surface area is 196 Å². The molecule has 0 spiro atoms. The van der Waals surface area contributed by atoms with Crippen molar-refractivity contribution in [3.8, 4) is 0 Å². The van der Waals surface area contributed by atoms with Crippen LogP contribution in [-0.2, 0) is 28.7 Å². The highest BCUT2D eigenvalue weighted by molar-refractivity contribution is 5.84. The quantitative estimate of drug-likeness (QED) is 0.538. The fourth-order valence-corrected chi connectivity index (χ4v) is 4.34. The lowest BCUT2D eigenvalue weighted by atomic mass is 9.88. The largest absolute Gasteiger partial charge is 0.416 e. The van der Waals surface area contributed by atoms with Gasteiger partial charge in [0.1, 0.15) is 0 Å². The summed E-state index contributed by atoms with van der Waals surface area (Å²) in [6.07, 6.45) is -3.70. The number of hydrogen-bond acceptors (Lipinski definition) is 2. The molecule has 7 heteroatoms. The van der Waals surface area contributed by atoms with Crippen LogP contribution in [0.4, 0.5) is 13.2 Å². The Balaban J connectivity index is 1.39. The molecule has 0 saturated heterocycles. The van der Waals surface area contributed by atoms with E-state index in [0.717, 1.165) is 29.7 Å². The molecule has 0 fully saturated rings. The third-order valence-electron chi connectivity index (χ3n) is 6.03. The van der Waals surface area contributed by atoms with Crippen LogP contribution in [0.1, 0.15) is 46.7 Å². The molecule has 3 aromatic carbocycles. The molecule has 0 radical (unpaired) electrons. The van der Waals surface area contributed by atoms with Gasteiger partial charge in [-0.3, -0.25) is 9.59 Å². The second kappa shape index (κ2) is 10.1. The average Bonchev–Trinajstić information content (AvgIpc) is 2.85. The highest BCUT2D eigenvalue weighted by atomic mass is 19.4. The number of benzene rings is 3. The summed E-state index contributed by atoms with van der Waals surface area (Å²) >= 11 is 0. The maximum absolute atomic E-state index is 13.1. The lowest BCUT2D eigenvalue weighted by molar-refractivity contribution is -0.137. The van der Waals surface area contributed by atoms with E-state index in [1.54, 1.807) is 0 Å². The van der Waals surface area contributed by atoms with Gasteiger partial charge in [0.25, 0.3) is 0 Å². The fraction of sp³-hybridized carbons (Fsp3) is 0.259. The van der Waals surface area contributed by atoms with Crippen molar-refractivity contribution < 1.29 is 22.8 Å². The van der Waals surface area contributed by atoms with E-state index in [0.29, 0.717) is 12.1 Å². The van der Waals surface area contributed by atoms with Crippen LogP contribution < -0.4 is 5.32 Å². The molecule has 1 aliphatic rings. The van der Waals surface area contributed by atoms with Crippen molar-refractivity contribution in [3.05, 3.63) is 107 Å². The summed E-state index contributed by atoms with van der Waals surface area (Å²) in [5.41, 5.74) is 2.90. The molecular formula is C27H25F3N2O2. The van der Waals surface area contributed by atoms with E-state index in [4.69, 9.17) is 0 Å². The highest BCUT2D eigenvalue weighted by Crippen LogP contribution is 2.35. The van der Waals surface area contributed by atoms with Gasteiger partial charge in [-0.05, 0) is 40.8 Å². The molecule has 0 aromatic heterocycles.